The second-order valence-corrected chi connectivity index (χ2v) is 9.77. The molecule has 28 heavy (non-hydrogen) atoms. The predicted molar refractivity (Wildman–Crippen MR) is 119 cm³/mol. The molecule has 1 fully saturated rings. The van der Waals surface area contributed by atoms with E-state index < -0.39 is 0 Å². The Morgan fingerprint density at radius 2 is 2.04 bits per heavy atom. The molecule has 1 amide bonds. The molecular formula is C21H29N3O2S2. The summed E-state index contributed by atoms with van der Waals surface area (Å²) in [5, 5.41) is 1.44. The van der Waals surface area contributed by atoms with Gasteiger partial charge in [-0.1, -0.05) is 36.8 Å². The Morgan fingerprint density at radius 1 is 1.36 bits per heavy atom. The van der Waals surface area contributed by atoms with Crippen molar-refractivity contribution in [2.24, 2.45) is 0 Å². The summed E-state index contributed by atoms with van der Waals surface area (Å²) in [6, 6.07) is 0.194. The van der Waals surface area contributed by atoms with E-state index in [1.165, 1.54) is 11.8 Å². The summed E-state index contributed by atoms with van der Waals surface area (Å²) in [4.78, 5) is 34.6. The first kappa shape index (κ1) is 21.1. The Bertz CT molecular complexity index is 955. The van der Waals surface area contributed by atoms with Crippen molar-refractivity contribution in [3.8, 4) is 0 Å². The number of likely N-dealkylation sites (N-methyl/N-ethyl adjacent to an activating group) is 1. The average molecular weight is 420 g/mol. The molecule has 1 saturated carbocycles. The number of carbonyl (C=O) groups excluding carboxylic acids is 1. The van der Waals surface area contributed by atoms with Crippen molar-refractivity contribution in [2.45, 2.75) is 64.6 Å². The highest BCUT2D eigenvalue weighted by Gasteiger charge is 2.25. The first-order chi connectivity index (χ1) is 13.3. The number of aryl methyl sites for hydroxylation is 2. The summed E-state index contributed by atoms with van der Waals surface area (Å²) < 4.78 is 1.88. The predicted octanol–water partition coefficient (Wildman–Crippen LogP) is 4.71. The molecule has 7 heteroatoms. The van der Waals surface area contributed by atoms with Crippen LogP contribution < -0.4 is 5.56 Å². The van der Waals surface area contributed by atoms with Crippen molar-refractivity contribution in [1.82, 2.24) is 14.5 Å². The van der Waals surface area contributed by atoms with Gasteiger partial charge in [-0.2, -0.15) is 0 Å². The highest BCUT2D eigenvalue weighted by molar-refractivity contribution is 7.99. The maximum atomic E-state index is 13.4. The van der Waals surface area contributed by atoms with Crippen LogP contribution in [-0.4, -0.2) is 39.2 Å². The van der Waals surface area contributed by atoms with Crippen molar-refractivity contribution in [2.75, 3.05) is 18.8 Å². The first-order valence-electron chi connectivity index (χ1n) is 9.90. The standard InChI is InChI=1S/C21H29N3O2S2/c1-6-23(11-13(2)3)17(25)12-27-21-22-19-18(14(4)15(5)28-19)20(26)24(21)16-9-7-8-10-16/h16H,2,6-12H2,1,3-5H3. The van der Waals surface area contributed by atoms with Crippen LogP contribution in [0.4, 0.5) is 0 Å². The molecule has 2 aromatic heterocycles. The molecule has 0 bridgehead atoms. The van der Waals surface area contributed by atoms with Crippen LogP contribution in [-0.2, 0) is 4.79 Å². The molecule has 2 aromatic rings. The number of hydrogen-bond donors (Lipinski definition) is 0. The Labute approximate surface area is 174 Å². The number of carbonyl (C=O) groups is 1. The van der Waals surface area contributed by atoms with Crippen LogP contribution in [0.5, 0.6) is 0 Å². The number of thioether (sulfide) groups is 1. The van der Waals surface area contributed by atoms with Gasteiger partial charge in [-0.15, -0.1) is 11.3 Å². The van der Waals surface area contributed by atoms with Gasteiger partial charge in [-0.05, 0) is 46.1 Å². The van der Waals surface area contributed by atoms with Gasteiger partial charge in [0, 0.05) is 24.0 Å². The van der Waals surface area contributed by atoms with Crippen LogP contribution >= 0.6 is 23.1 Å². The number of rotatable bonds is 7. The van der Waals surface area contributed by atoms with Gasteiger partial charge in [0.1, 0.15) is 4.83 Å². The lowest BCUT2D eigenvalue weighted by Gasteiger charge is -2.22. The van der Waals surface area contributed by atoms with E-state index in [0.29, 0.717) is 18.2 Å². The number of amides is 1. The minimum Gasteiger partial charge on any atom is -0.338 e. The summed E-state index contributed by atoms with van der Waals surface area (Å²) in [6.45, 7) is 13.1. The molecule has 0 aromatic carbocycles. The van der Waals surface area contributed by atoms with Gasteiger partial charge < -0.3 is 4.90 Å². The molecule has 0 radical (unpaired) electrons. The zero-order valence-corrected chi connectivity index (χ0v) is 18.8. The molecule has 0 N–H and O–H groups in total. The Kier molecular flexibility index (Phi) is 6.65. The minimum absolute atomic E-state index is 0.0568. The molecule has 0 atom stereocenters. The number of fused-ring (bicyclic) bond motifs is 1. The summed E-state index contributed by atoms with van der Waals surface area (Å²) in [5.41, 5.74) is 2.06. The Morgan fingerprint density at radius 3 is 2.64 bits per heavy atom. The highest BCUT2D eigenvalue weighted by Crippen LogP contribution is 2.34. The molecule has 152 valence electrons. The van der Waals surface area contributed by atoms with E-state index in [-0.39, 0.29) is 23.3 Å². The van der Waals surface area contributed by atoms with Crippen molar-refractivity contribution in [3.63, 3.8) is 0 Å². The van der Waals surface area contributed by atoms with Gasteiger partial charge in [0.05, 0.1) is 11.1 Å². The van der Waals surface area contributed by atoms with Gasteiger partial charge in [-0.3, -0.25) is 14.2 Å². The number of aromatic nitrogens is 2. The zero-order chi connectivity index (χ0) is 20.4. The highest BCUT2D eigenvalue weighted by atomic mass is 32.2. The molecule has 1 aliphatic carbocycles. The number of thiophene rings is 1. The molecule has 3 rings (SSSR count). The third kappa shape index (κ3) is 4.20. The third-order valence-electron chi connectivity index (χ3n) is 5.41. The number of nitrogens with zero attached hydrogens (tertiary/aromatic N) is 3. The van der Waals surface area contributed by atoms with E-state index in [1.54, 1.807) is 16.2 Å². The molecular weight excluding hydrogens is 390 g/mol. The normalized spacial score (nSPS) is 14.7. The Hall–Kier alpha value is -1.60. The molecule has 2 heterocycles. The Balaban J connectivity index is 1.95. The van der Waals surface area contributed by atoms with Crippen LogP contribution in [0.1, 0.15) is 56.0 Å². The molecule has 0 unspecified atom stereocenters. The maximum Gasteiger partial charge on any atom is 0.263 e. The van der Waals surface area contributed by atoms with E-state index in [0.717, 1.165) is 51.9 Å². The van der Waals surface area contributed by atoms with E-state index in [4.69, 9.17) is 4.98 Å². The molecule has 1 aliphatic rings. The van der Waals surface area contributed by atoms with E-state index >= 15 is 0 Å². The van der Waals surface area contributed by atoms with Gasteiger partial charge in [0.25, 0.3) is 5.56 Å². The van der Waals surface area contributed by atoms with Gasteiger partial charge in [0.2, 0.25) is 5.91 Å². The van der Waals surface area contributed by atoms with Crippen molar-refractivity contribution in [1.29, 1.82) is 0 Å². The van der Waals surface area contributed by atoms with Crippen molar-refractivity contribution < 1.29 is 4.79 Å². The van der Waals surface area contributed by atoms with Crippen LogP contribution in [0.3, 0.4) is 0 Å². The van der Waals surface area contributed by atoms with Crippen LogP contribution in [0.25, 0.3) is 10.2 Å². The smallest absolute Gasteiger partial charge is 0.263 e. The summed E-state index contributed by atoms with van der Waals surface area (Å²) in [6.07, 6.45) is 4.30. The average Bonchev–Trinajstić information content (AvgIpc) is 3.26. The summed E-state index contributed by atoms with van der Waals surface area (Å²) in [5.74, 6) is 0.344. The molecule has 0 spiro atoms. The van der Waals surface area contributed by atoms with E-state index in [1.807, 2.05) is 32.3 Å². The van der Waals surface area contributed by atoms with Gasteiger partial charge in [-0.25, -0.2) is 4.98 Å². The lowest BCUT2D eigenvalue weighted by Crippen LogP contribution is -2.34. The fraction of sp³-hybridized carbons (Fsp3) is 0.571. The molecule has 5 nitrogen and oxygen atoms in total. The minimum atomic E-state index is 0.0568. The molecule has 0 aliphatic heterocycles. The van der Waals surface area contributed by atoms with Crippen LogP contribution in [0, 0.1) is 13.8 Å². The lowest BCUT2D eigenvalue weighted by molar-refractivity contribution is -0.127. The number of hydrogen-bond acceptors (Lipinski definition) is 5. The first-order valence-corrected chi connectivity index (χ1v) is 11.7. The monoisotopic (exact) mass is 419 g/mol. The topological polar surface area (TPSA) is 55.2 Å². The second kappa shape index (κ2) is 8.82. The van der Waals surface area contributed by atoms with Gasteiger partial charge in [0.15, 0.2) is 5.16 Å². The third-order valence-corrected chi connectivity index (χ3v) is 7.45. The maximum absolute atomic E-state index is 13.4. The summed E-state index contributed by atoms with van der Waals surface area (Å²) >= 11 is 2.96. The SMILES string of the molecule is C=C(C)CN(CC)C(=O)CSc1nc2sc(C)c(C)c2c(=O)n1C1CCCC1. The quantitative estimate of drug-likeness (QED) is 0.371. The zero-order valence-electron chi connectivity index (χ0n) is 17.2. The van der Waals surface area contributed by atoms with E-state index in [9.17, 15) is 9.59 Å². The fourth-order valence-electron chi connectivity index (χ4n) is 3.79. The summed E-state index contributed by atoms with van der Waals surface area (Å²) in [7, 11) is 0. The lowest BCUT2D eigenvalue weighted by atomic mass is 10.2. The van der Waals surface area contributed by atoms with Crippen LogP contribution in [0.15, 0.2) is 22.1 Å². The molecule has 0 saturated heterocycles. The second-order valence-electron chi connectivity index (χ2n) is 7.62. The van der Waals surface area contributed by atoms with E-state index in [2.05, 4.69) is 6.58 Å². The fourth-order valence-corrected chi connectivity index (χ4v) is 5.83. The van der Waals surface area contributed by atoms with Crippen molar-refractivity contribution in [3.05, 3.63) is 32.9 Å². The van der Waals surface area contributed by atoms with Crippen LogP contribution in [0.2, 0.25) is 0 Å². The largest absolute Gasteiger partial charge is 0.338 e. The van der Waals surface area contributed by atoms with Gasteiger partial charge >= 0.3 is 0 Å². The van der Waals surface area contributed by atoms with Crippen molar-refractivity contribution >= 4 is 39.2 Å².